The van der Waals surface area contributed by atoms with Gasteiger partial charge in [0.1, 0.15) is 5.75 Å². The van der Waals surface area contributed by atoms with Crippen molar-refractivity contribution >= 4 is 15.9 Å². The number of amides is 1. The average Bonchev–Trinajstić information content (AvgIpc) is 2.72. The van der Waals surface area contributed by atoms with Crippen molar-refractivity contribution < 1.29 is 17.9 Å². The maximum absolute atomic E-state index is 12.6. The second kappa shape index (κ2) is 9.41. The van der Waals surface area contributed by atoms with E-state index >= 15 is 0 Å². The van der Waals surface area contributed by atoms with E-state index in [0.29, 0.717) is 5.92 Å². The number of ether oxygens (including phenoxy) is 1. The van der Waals surface area contributed by atoms with Crippen molar-refractivity contribution in [3.05, 3.63) is 59.7 Å². The van der Waals surface area contributed by atoms with E-state index in [0.717, 1.165) is 50.1 Å². The summed E-state index contributed by atoms with van der Waals surface area (Å²) < 4.78 is 27.8. The van der Waals surface area contributed by atoms with Crippen LogP contribution in [0.15, 0.2) is 53.4 Å². The quantitative estimate of drug-likeness (QED) is 0.752. The van der Waals surface area contributed by atoms with Crippen molar-refractivity contribution in [2.75, 3.05) is 20.2 Å². The van der Waals surface area contributed by atoms with Crippen LogP contribution in [-0.2, 0) is 27.7 Å². The van der Waals surface area contributed by atoms with Crippen LogP contribution in [0, 0.1) is 5.92 Å². The van der Waals surface area contributed by atoms with Crippen molar-refractivity contribution in [2.45, 2.75) is 37.0 Å². The summed E-state index contributed by atoms with van der Waals surface area (Å²) in [5, 5.41) is 5.10. The molecule has 1 saturated heterocycles. The Morgan fingerprint density at radius 1 is 1.03 bits per heavy atom. The van der Waals surface area contributed by atoms with Gasteiger partial charge in [0.2, 0.25) is 15.9 Å². The molecule has 0 spiro atoms. The number of carbonyl (C=O) groups is 1. The number of nitrogens with two attached hydrogens (primary N) is 1. The highest BCUT2D eigenvalue weighted by Gasteiger charge is 2.22. The molecule has 0 bridgehead atoms. The van der Waals surface area contributed by atoms with Crippen molar-refractivity contribution in [3.8, 4) is 5.75 Å². The van der Waals surface area contributed by atoms with Crippen LogP contribution >= 0.6 is 0 Å². The van der Waals surface area contributed by atoms with Crippen LogP contribution < -0.4 is 9.88 Å². The summed E-state index contributed by atoms with van der Waals surface area (Å²) >= 11 is 0. The van der Waals surface area contributed by atoms with Crippen LogP contribution in [-0.4, -0.2) is 39.4 Å². The third-order valence-corrected chi connectivity index (χ3v) is 6.50. The zero-order chi connectivity index (χ0) is 20.9. The number of methoxy groups -OCH3 is 1. The molecule has 6 nitrogen and oxygen atoms in total. The summed E-state index contributed by atoms with van der Waals surface area (Å²) in [6.45, 7) is 1.56. The molecule has 0 aromatic heterocycles. The average molecular weight is 417 g/mol. The number of hydrogen-bond acceptors (Lipinski definition) is 4. The molecule has 1 aliphatic heterocycles. The normalized spacial score (nSPS) is 15.3. The predicted molar refractivity (Wildman–Crippen MR) is 112 cm³/mol. The van der Waals surface area contributed by atoms with Gasteiger partial charge in [-0.3, -0.25) is 4.79 Å². The fraction of sp³-hybridized carbons (Fsp3) is 0.409. The molecule has 2 aromatic carbocycles. The lowest BCUT2D eigenvalue weighted by molar-refractivity contribution is -0.131. The van der Waals surface area contributed by atoms with E-state index in [9.17, 15) is 13.2 Å². The SMILES string of the molecule is COc1ccc(CCC2CCN(C(=O)Cc3ccc(S(N)(=O)=O)cc3)CC2)cc1. The summed E-state index contributed by atoms with van der Waals surface area (Å²) in [7, 11) is -2.04. The first-order valence-corrected chi connectivity index (χ1v) is 11.4. The molecule has 156 valence electrons. The number of carbonyl (C=O) groups excluding carboxylic acids is 1. The number of aryl methyl sites for hydroxylation is 1. The lowest BCUT2D eigenvalue weighted by atomic mass is 9.90. The van der Waals surface area contributed by atoms with Gasteiger partial charge in [0.25, 0.3) is 0 Å². The molecule has 0 saturated carbocycles. The highest BCUT2D eigenvalue weighted by molar-refractivity contribution is 7.89. The largest absolute Gasteiger partial charge is 0.497 e. The second-order valence-electron chi connectivity index (χ2n) is 7.58. The summed E-state index contributed by atoms with van der Waals surface area (Å²) in [6, 6.07) is 14.4. The molecule has 7 heteroatoms. The molecule has 29 heavy (non-hydrogen) atoms. The number of rotatable bonds is 7. The number of likely N-dealkylation sites (tertiary alicyclic amines) is 1. The smallest absolute Gasteiger partial charge is 0.238 e. The maximum Gasteiger partial charge on any atom is 0.238 e. The molecule has 0 unspecified atom stereocenters. The van der Waals surface area contributed by atoms with Gasteiger partial charge in [-0.2, -0.15) is 0 Å². The monoisotopic (exact) mass is 416 g/mol. The van der Waals surface area contributed by atoms with Crippen molar-refractivity contribution in [1.82, 2.24) is 4.90 Å². The van der Waals surface area contributed by atoms with Gasteiger partial charge in [-0.15, -0.1) is 0 Å². The van der Waals surface area contributed by atoms with Crippen LogP contribution in [0.25, 0.3) is 0 Å². The molecule has 3 rings (SSSR count). The van der Waals surface area contributed by atoms with Gasteiger partial charge in [-0.1, -0.05) is 24.3 Å². The zero-order valence-electron chi connectivity index (χ0n) is 16.7. The van der Waals surface area contributed by atoms with E-state index in [1.165, 1.54) is 17.7 Å². The summed E-state index contributed by atoms with van der Waals surface area (Å²) in [4.78, 5) is 14.5. The molecule has 0 atom stereocenters. The van der Waals surface area contributed by atoms with Gasteiger partial charge in [0.15, 0.2) is 0 Å². The standard InChI is InChI=1S/C22H28N2O4S/c1-28-20-8-4-17(5-9-20)2-3-18-12-14-24(15-13-18)22(25)16-19-6-10-21(11-7-19)29(23,26)27/h4-11,18H,2-3,12-16H2,1H3,(H2,23,26,27). The number of sulfonamides is 1. The van der Waals surface area contributed by atoms with Gasteiger partial charge in [-0.25, -0.2) is 13.6 Å². The Balaban J connectivity index is 1.44. The molecular formula is C22H28N2O4S. The van der Waals surface area contributed by atoms with Gasteiger partial charge >= 0.3 is 0 Å². The molecule has 1 heterocycles. The third kappa shape index (κ3) is 6.05. The molecule has 1 fully saturated rings. The Labute approximate surface area is 172 Å². The van der Waals surface area contributed by atoms with E-state index in [2.05, 4.69) is 12.1 Å². The topological polar surface area (TPSA) is 89.7 Å². The first-order chi connectivity index (χ1) is 13.8. The minimum Gasteiger partial charge on any atom is -0.497 e. The van der Waals surface area contributed by atoms with Crippen molar-refractivity contribution in [2.24, 2.45) is 11.1 Å². The Bertz CT molecular complexity index is 916. The van der Waals surface area contributed by atoms with Crippen LogP contribution in [0.5, 0.6) is 5.75 Å². The lowest BCUT2D eigenvalue weighted by Crippen LogP contribution is -2.39. The fourth-order valence-electron chi connectivity index (χ4n) is 3.72. The van der Waals surface area contributed by atoms with Gasteiger partial charge < -0.3 is 9.64 Å². The van der Waals surface area contributed by atoms with E-state index in [1.54, 1.807) is 19.2 Å². The van der Waals surface area contributed by atoms with E-state index in [4.69, 9.17) is 9.88 Å². The molecule has 2 N–H and O–H groups in total. The van der Waals surface area contributed by atoms with E-state index in [1.807, 2.05) is 17.0 Å². The van der Waals surface area contributed by atoms with E-state index < -0.39 is 10.0 Å². The lowest BCUT2D eigenvalue weighted by Gasteiger charge is -2.32. The fourth-order valence-corrected chi connectivity index (χ4v) is 4.23. The Morgan fingerprint density at radius 2 is 1.62 bits per heavy atom. The van der Waals surface area contributed by atoms with Gasteiger partial charge in [0.05, 0.1) is 18.4 Å². The number of nitrogens with zero attached hydrogens (tertiary/aromatic N) is 1. The molecular weight excluding hydrogens is 388 g/mol. The summed E-state index contributed by atoms with van der Waals surface area (Å²) in [6.07, 6.45) is 4.49. The molecule has 0 radical (unpaired) electrons. The molecule has 0 aliphatic carbocycles. The summed E-state index contributed by atoms with van der Waals surface area (Å²) in [5.74, 6) is 1.59. The Kier molecular flexibility index (Phi) is 6.92. The molecule has 2 aromatic rings. The number of piperidine rings is 1. The highest BCUT2D eigenvalue weighted by atomic mass is 32.2. The summed E-state index contributed by atoms with van der Waals surface area (Å²) in [5.41, 5.74) is 2.11. The maximum atomic E-state index is 12.6. The first-order valence-electron chi connectivity index (χ1n) is 9.87. The van der Waals surface area contributed by atoms with Crippen LogP contribution in [0.4, 0.5) is 0 Å². The van der Waals surface area contributed by atoms with E-state index in [-0.39, 0.29) is 17.2 Å². The Hall–Kier alpha value is -2.38. The Morgan fingerprint density at radius 3 is 2.17 bits per heavy atom. The van der Waals surface area contributed by atoms with Crippen LogP contribution in [0.2, 0.25) is 0 Å². The highest BCUT2D eigenvalue weighted by Crippen LogP contribution is 2.24. The molecule has 1 aliphatic rings. The van der Waals surface area contributed by atoms with Crippen LogP contribution in [0.3, 0.4) is 0 Å². The third-order valence-electron chi connectivity index (χ3n) is 5.57. The van der Waals surface area contributed by atoms with Gasteiger partial charge in [-0.05, 0) is 67.0 Å². The first kappa shape index (κ1) is 21.3. The zero-order valence-corrected chi connectivity index (χ0v) is 17.5. The van der Waals surface area contributed by atoms with Gasteiger partial charge in [0, 0.05) is 13.1 Å². The number of primary sulfonamides is 1. The minimum atomic E-state index is -3.71. The number of hydrogen-bond donors (Lipinski definition) is 1. The number of benzene rings is 2. The van der Waals surface area contributed by atoms with Crippen LogP contribution in [0.1, 0.15) is 30.4 Å². The second-order valence-corrected chi connectivity index (χ2v) is 9.14. The van der Waals surface area contributed by atoms with Crippen molar-refractivity contribution in [3.63, 3.8) is 0 Å². The predicted octanol–water partition coefficient (Wildman–Crippen LogP) is 2.76. The minimum absolute atomic E-state index is 0.0615. The van der Waals surface area contributed by atoms with Crippen molar-refractivity contribution in [1.29, 1.82) is 0 Å². The molecule has 1 amide bonds.